The second-order valence-electron chi connectivity index (χ2n) is 4.85. The lowest BCUT2D eigenvalue weighted by Gasteiger charge is -2.36. The molecule has 0 aliphatic carbocycles. The predicted molar refractivity (Wildman–Crippen MR) is 69.0 cm³/mol. The minimum absolute atomic E-state index is 0.565. The highest BCUT2D eigenvalue weighted by molar-refractivity contribution is 6.17. The van der Waals surface area contributed by atoms with Gasteiger partial charge in [-0.25, -0.2) is 4.98 Å². The number of rotatable bonds is 2. The van der Waals surface area contributed by atoms with Crippen LogP contribution in [0.2, 0.25) is 0 Å². The van der Waals surface area contributed by atoms with Gasteiger partial charge in [0.2, 0.25) is 0 Å². The van der Waals surface area contributed by atoms with Crippen LogP contribution in [0.4, 0.5) is 5.82 Å². The fraction of sp³-hybridized carbons (Fsp3) is 0.615. The summed E-state index contributed by atoms with van der Waals surface area (Å²) in [6.07, 6.45) is 3.11. The molecule has 3 heteroatoms. The molecule has 0 amide bonds. The number of piperidine rings is 1. The highest BCUT2D eigenvalue weighted by atomic mass is 35.5. The van der Waals surface area contributed by atoms with Gasteiger partial charge in [0.25, 0.3) is 0 Å². The molecule has 2 unspecified atom stereocenters. The summed E-state index contributed by atoms with van der Waals surface area (Å²) in [6.45, 7) is 6.89. The number of nitrogens with zero attached hydrogens (tertiary/aromatic N) is 2. The van der Waals surface area contributed by atoms with Crippen molar-refractivity contribution in [1.29, 1.82) is 0 Å². The van der Waals surface area contributed by atoms with Crippen molar-refractivity contribution in [3.8, 4) is 0 Å². The van der Waals surface area contributed by atoms with Crippen LogP contribution in [0.3, 0.4) is 0 Å². The molecule has 88 valence electrons. The minimum atomic E-state index is 0.565. The molecule has 1 fully saturated rings. The topological polar surface area (TPSA) is 16.1 Å². The van der Waals surface area contributed by atoms with Gasteiger partial charge < -0.3 is 4.90 Å². The molecule has 0 N–H and O–H groups in total. The number of halogens is 1. The minimum Gasteiger partial charge on any atom is -0.356 e. The SMILES string of the molecule is CC1CCN(c2cc(CCl)ccn2)CC1C. The van der Waals surface area contributed by atoms with Gasteiger partial charge in [0.05, 0.1) is 0 Å². The first kappa shape index (κ1) is 11.7. The van der Waals surface area contributed by atoms with E-state index in [0.29, 0.717) is 5.88 Å². The third-order valence-corrected chi connectivity index (χ3v) is 3.93. The van der Waals surface area contributed by atoms with Crippen molar-refractivity contribution in [2.45, 2.75) is 26.1 Å². The first-order valence-corrected chi connectivity index (χ1v) is 6.50. The molecule has 1 aromatic rings. The molecule has 2 atom stereocenters. The summed E-state index contributed by atoms with van der Waals surface area (Å²) >= 11 is 5.84. The van der Waals surface area contributed by atoms with Crippen molar-refractivity contribution in [3.63, 3.8) is 0 Å². The van der Waals surface area contributed by atoms with Gasteiger partial charge in [-0.3, -0.25) is 0 Å². The molecule has 0 bridgehead atoms. The summed E-state index contributed by atoms with van der Waals surface area (Å²) in [7, 11) is 0. The molecule has 2 heterocycles. The third-order valence-electron chi connectivity index (χ3n) is 3.62. The fourth-order valence-corrected chi connectivity index (χ4v) is 2.35. The summed E-state index contributed by atoms with van der Waals surface area (Å²) < 4.78 is 0. The number of alkyl halides is 1. The number of aromatic nitrogens is 1. The van der Waals surface area contributed by atoms with Crippen LogP contribution in [-0.4, -0.2) is 18.1 Å². The van der Waals surface area contributed by atoms with Crippen LogP contribution in [0.1, 0.15) is 25.8 Å². The Morgan fingerprint density at radius 3 is 2.94 bits per heavy atom. The van der Waals surface area contributed by atoms with E-state index in [1.54, 1.807) is 0 Å². The second-order valence-corrected chi connectivity index (χ2v) is 5.11. The van der Waals surface area contributed by atoms with E-state index in [4.69, 9.17) is 11.6 Å². The molecule has 2 rings (SSSR count). The van der Waals surface area contributed by atoms with E-state index >= 15 is 0 Å². The van der Waals surface area contributed by atoms with Crippen molar-refractivity contribution in [1.82, 2.24) is 4.98 Å². The molecule has 1 saturated heterocycles. The second kappa shape index (κ2) is 5.05. The van der Waals surface area contributed by atoms with Gasteiger partial charge in [-0.1, -0.05) is 13.8 Å². The molecule has 0 saturated carbocycles. The van der Waals surface area contributed by atoms with Gasteiger partial charge in [0.1, 0.15) is 5.82 Å². The Morgan fingerprint density at radius 2 is 2.25 bits per heavy atom. The predicted octanol–water partition coefficient (Wildman–Crippen LogP) is 3.30. The van der Waals surface area contributed by atoms with Crippen molar-refractivity contribution in [2.24, 2.45) is 11.8 Å². The standard InChI is InChI=1S/C13H19ClN2/c1-10-4-6-16(9-11(10)2)13-7-12(8-14)3-5-15-13/h3,5,7,10-11H,4,6,8-9H2,1-2H3. The summed E-state index contributed by atoms with van der Waals surface area (Å²) in [5, 5.41) is 0. The normalized spacial score (nSPS) is 25.8. The first-order valence-electron chi connectivity index (χ1n) is 5.96. The van der Waals surface area contributed by atoms with E-state index in [-0.39, 0.29) is 0 Å². The molecule has 16 heavy (non-hydrogen) atoms. The molecule has 1 aliphatic heterocycles. The van der Waals surface area contributed by atoms with Gasteiger partial charge in [0, 0.05) is 25.2 Å². The van der Waals surface area contributed by atoms with Crippen LogP contribution in [-0.2, 0) is 5.88 Å². The van der Waals surface area contributed by atoms with Crippen molar-refractivity contribution < 1.29 is 0 Å². The van der Waals surface area contributed by atoms with Gasteiger partial charge in [0.15, 0.2) is 0 Å². The van der Waals surface area contributed by atoms with Crippen molar-refractivity contribution in [3.05, 3.63) is 23.9 Å². The third kappa shape index (κ3) is 2.49. The number of hydrogen-bond acceptors (Lipinski definition) is 2. The van der Waals surface area contributed by atoms with Crippen LogP contribution in [0.5, 0.6) is 0 Å². The van der Waals surface area contributed by atoms with E-state index < -0.39 is 0 Å². The molecule has 2 nitrogen and oxygen atoms in total. The van der Waals surface area contributed by atoms with Crippen LogP contribution >= 0.6 is 11.6 Å². The summed E-state index contributed by atoms with van der Waals surface area (Å²) in [6, 6.07) is 4.09. The molecule has 0 radical (unpaired) electrons. The maximum Gasteiger partial charge on any atom is 0.128 e. The van der Waals surface area contributed by atoms with Gasteiger partial charge in [-0.2, -0.15) is 0 Å². The number of hydrogen-bond donors (Lipinski definition) is 0. The first-order chi connectivity index (χ1) is 7.70. The average Bonchev–Trinajstić information content (AvgIpc) is 2.33. The zero-order chi connectivity index (χ0) is 11.5. The van der Waals surface area contributed by atoms with Crippen LogP contribution < -0.4 is 4.90 Å². The molecule has 1 aromatic heterocycles. The maximum atomic E-state index is 5.84. The van der Waals surface area contributed by atoms with E-state index in [1.807, 2.05) is 12.3 Å². The Labute approximate surface area is 103 Å². The highest BCUT2D eigenvalue weighted by Gasteiger charge is 2.23. The Kier molecular flexibility index (Phi) is 3.70. The molecular weight excluding hydrogens is 220 g/mol. The molecular formula is C13H19ClN2. The van der Waals surface area contributed by atoms with E-state index in [9.17, 15) is 0 Å². The molecule has 1 aliphatic rings. The highest BCUT2D eigenvalue weighted by Crippen LogP contribution is 2.26. The van der Waals surface area contributed by atoms with Gasteiger partial charge in [-0.15, -0.1) is 11.6 Å². The molecule has 0 aromatic carbocycles. The van der Waals surface area contributed by atoms with Crippen LogP contribution in [0, 0.1) is 11.8 Å². The number of pyridine rings is 1. The Bertz CT molecular complexity index is 354. The van der Waals surface area contributed by atoms with Crippen molar-refractivity contribution >= 4 is 17.4 Å². The lowest BCUT2D eigenvalue weighted by Crippen LogP contribution is -2.38. The van der Waals surface area contributed by atoms with E-state index in [0.717, 1.165) is 36.3 Å². The summed E-state index contributed by atoms with van der Waals surface area (Å²) in [5.41, 5.74) is 1.15. The zero-order valence-electron chi connectivity index (χ0n) is 9.99. The van der Waals surface area contributed by atoms with E-state index in [2.05, 4.69) is 29.8 Å². The monoisotopic (exact) mass is 238 g/mol. The maximum absolute atomic E-state index is 5.84. The Morgan fingerprint density at radius 1 is 1.44 bits per heavy atom. The number of anilines is 1. The Hall–Kier alpha value is -0.760. The lowest BCUT2D eigenvalue weighted by atomic mass is 9.89. The molecule has 0 spiro atoms. The van der Waals surface area contributed by atoms with Gasteiger partial charge >= 0.3 is 0 Å². The lowest BCUT2D eigenvalue weighted by molar-refractivity contribution is 0.323. The fourth-order valence-electron chi connectivity index (χ4n) is 2.19. The smallest absolute Gasteiger partial charge is 0.128 e. The zero-order valence-corrected chi connectivity index (χ0v) is 10.7. The largest absolute Gasteiger partial charge is 0.356 e. The Balaban J connectivity index is 2.12. The average molecular weight is 239 g/mol. The summed E-state index contributed by atoms with van der Waals surface area (Å²) in [5.74, 6) is 3.22. The van der Waals surface area contributed by atoms with Crippen LogP contribution in [0.15, 0.2) is 18.3 Å². The van der Waals surface area contributed by atoms with E-state index in [1.165, 1.54) is 6.42 Å². The van der Waals surface area contributed by atoms with Crippen LogP contribution in [0.25, 0.3) is 0 Å². The van der Waals surface area contributed by atoms with Gasteiger partial charge in [-0.05, 0) is 36.0 Å². The quantitative estimate of drug-likeness (QED) is 0.735. The van der Waals surface area contributed by atoms with Crippen molar-refractivity contribution in [2.75, 3.05) is 18.0 Å². The summed E-state index contributed by atoms with van der Waals surface area (Å²) in [4.78, 5) is 6.81.